The molecule has 0 aromatic carbocycles. The third kappa shape index (κ3) is 2.39. The van der Waals surface area contributed by atoms with Crippen molar-refractivity contribution in [2.45, 2.75) is 11.7 Å². The van der Waals surface area contributed by atoms with Crippen LogP contribution < -0.4 is 0 Å². The molecule has 2 heterocycles. The third-order valence-corrected chi connectivity index (χ3v) is 4.03. The highest BCUT2D eigenvalue weighted by molar-refractivity contribution is 9.10. The number of rotatable bonds is 2. The Morgan fingerprint density at radius 3 is 3.00 bits per heavy atom. The second-order valence-corrected chi connectivity index (χ2v) is 5.42. The van der Waals surface area contributed by atoms with Crippen LogP contribution in [0.2, 0.25) is 0 Å². The monoisotopic (exact) mass is 289 g/mol. The minimum absolute atomic E-state index is 0.00255. The Hall–Kier alpha value is -0.420. The first kappa shape index (κ1) is 11.1. The molecule has 0 saturated carbocycles. The number of furan rings is 1. The third-order valence-electron chi connectivity index (χ3n) is 2.55. The predicted molar refractivity (Wildman–Crippen MR) is 64.2 cm³/mol. The zero-order chi connectivity index (χ0) is 10.8. The second kappa shape index (κ2) is 4.61. The number of thioether (sulfide) groups is 1. The van der Waals surface area contributed by atoms with Crippen LogP contribution >= 0.6 is 27.7 Å². The maximum Gasteiger partial charge on any atom is 0.289 e. The topological polar surface area (TPSA) is 33.5 Å². The van der Waals surface area contributed by atoms with Crippen molar-refractivity contribution in [3.8, 4) is 0 Å². The summed E-state index contributed by atoms with van der Waals surface area (Å²) in [6.07, 6.45) is 3.16. The highest BCUT2D eigenvalue weighted by Gasteiger charge is 2.27. The molecule has 1 amide bonds. The van der Waals surface area contributed by atoms with Gasteiger partial charge in [-0.05, 0) is 40.7 Å². The summed E-state index contributed by atoms with van der Waals surface area (Å²) >= 11 is 5.01. The number of halogens is 1. The fourth-order valence-corrected chi connectivity index (χ4v) is 2.67. The SMILES string of the molecule is CS[C@@H]1CCN(C(=O)c2ccc(Br)o2)C1. The van der Waals surface area contributed by atoms with Crippen molar-refractivity contribution in [1.29, 1.82) is 0 Å². The van der Waals surface area contributed by atoms with Gasteiger partial charge >= 0.3 is 0 Å². The molecule has 0 spiro atoms. The highest BCUT2D eigenvalue weighted by atomic mass is 79.9. The summed E-state index contributed by atoms with van der Waals surface area (Å²) in [6.45, 7) is 1.67. The normalized spacial score (nSPS) is 20.9. The fraction of sp³-hybridized carbons (Fsp3) is 0.500. The Labute approximate surface area is 101 Å². The maximum absolute atomic E-state index is 11.9. The van der Waals surface area contributed by atoms with Gasteiger partial charge in [0.2, 0.25) is 0 Å². The lowest BCUT2D eigenvalue weighted by atomic mass is 10.4. The lowest BCUT2D eigenvalue weighted by molar-refractivity contribution is 0.0760. The molecule has 2 rings (SSSR count). The van der Waals surface area contributed by atoms with Crippen LogP contribution in [0.25, 0.3) is 0 Å². The van der Waals surface area contributed by atoms with E-state index in [1.807, 2.05) is 16.7 Å². The van der Waals surface area contributed by atoms with Crippen LogP contribution in [0.3, 0.4) is 0 Å². The standard InChI is InChI=1S/C10H12BrNO2S/c1-15-7-4-5-12(6-7)10(13)8-2-3-9(11)14-8/h2-3,7H,4-6H2,1H3/t7-/m1/s1. The second-order valence-electron chi connectivity index (χ2n) is 3.50. The largest absolute Gasteiger partial charge is 0.444 e. The van der Waals surface area contributed by atoms with Crippen molar-refractivity contribution in [3.05, 3.63) is 22.6 Å². The van der Waals surface area contributed by atoms with E-state index in [2.05, 4.69) is 22.2 Å². The van der Waals surface area contributed by atoms with E-state index in [-0.39, 0.29) is 5.91 Å². The van der Waals surface area contributed by atoms with Crippen molar-refractivity contribution in [3.63, 3.8) is 0 Å². The quantitative estimate of drug-likeness (QED) is 0.839. The van der Waals surface area contributed by atoms with E-state index in [9.17, 15) is 4.79 Å². The molecule has 1 aromatic heterocycles. The first-order chi connectivity index (χ1) is 7.20. The number of amides is 1. The van der Waals surface area contributed by atoms with Gasteiger partial charge in [-0.2, -0.15) is 11.8 Å². The van der Waals surface area contributed by atoms with Crippen LogP contribution in [0.5, 0.6) is 0 Å². The van der Waals surface area contributed by atoms with Crippen LogP contribution in [0.1, 0.15) is 17.0 Å². The molecule has 5 heteroatoms. The smallest absolute Gasteiger partial charge is 0.289 e. The van der Waals surface area contributed by atoms with Crippen molar-refractivity contribution in [2.24, 2.45) is 0 Å². The molecule has 1 aromatic rings. The van der Waals surface area contributed by atoms with E-state index in [1.165, 1.54) is 0 Å². The highest BCUT2D eigenvalue weighted by Crippen LogP contribution is 2.23. The molecule has 0 N–H and O–H groups in total. The van der Waals surface area contributed by atoms with Gasteiger partial charge in [0.1, 0.15) is 0 Å². The average molecular weight is 290 g/mol. The molecule has 15 heavy (non-hydrogen) atoms. The first-order valence-electron chi connectivity index (χ1n) is 4.78. The Kier molecular flexibility index (Phi) is 3.41. The molecule has 3 nitrogen and oxygen atoms in total. The Morgan fingerprint density at radius 2 is 2.47 bits per heavy atom. The van der Waals surface area contributed by atoms with Gasteiger partial charge < -0.3 is 9.32 Å². The van der Waals surface area contributed by atoms with Crippen LogP contribution in [0.4, 0.5) is 0 Å². The van der Waals surface area contributed by atoms with Crippen LogP contribution in [-0.4, -0.2) is 35.4 Å². The Balaban J connectivity index is 2.03. The Morgan fingerprint density at radius 1 is 1.67 bits per heavy atom. The van der Waals surface area contributed by atoms with Gasteiger partial charge in [-0.3, -0.25) is 4.79 Å². The molecule has 0 bridgehead atoms. The summed E-state index contributed by atoms with van der Waals surface area (Å²) < 4.78 is 5.85. The number of likely N-dealkylation sites (tertiary alicyclic amines) is 1. The number of hydrogen-bond acceptors (Lipinski definition) is 3. The van der Waals surface area contributed by atoms with Crippen LogP contribution in [0, 0.1) is 0 Å². The summed E-state index contributed by atoms with van der Waals surface area (Å²) in [5.41, 5.74) is 0. The Bertz CT molecular complexity index is 366. The van der Waals surface area contributed by atoms with Crippen LogP contribution in [0.15, 0.2) is 21.2 Å². The van der Waals surface area contributed by atoms with Gasteiger partial charge in [-0.1, -0.05) is 0 Å². The van der Waals surface area contributed by atoms with Gasteiger partial charge in [0, 0.05) is 18.3 Å². The zero-order valence-electron chi connectivity index (χ0n) is 8.40. The number of carbonyl (C=O) groups is 1. The molecule has 1 saturated heterocycles. The van der Waals surface area contributed by atoms with E-state index in [0.29, 0.717) is 15.7 Å². The molecule has 1 fully saturated rings. The number of nitrogens with zero attached hydrogens (tertiary/aromatic N) is 1. The first-order valence-corrected chi connectivity index (χ1v) is 6.86. The minimum Gasteiger partial charge on any atom is -0.444 e. The molecule has 0 aliphatic carbocycles. The fourth-order valence-electron chi connectivity index (χ4n) is 1.69. The molecule has 1 aliphatic heterocycles. The summed E-state index contributed by atoms with van der Waals surface area (Å²) in [4.78, 5) is 13.8. The minimum atomic E-state index is -0.00255. The van der Waals surface area contributed by atoms with Gasteiger partial charge in [0.05, 0.1) is 0 Å². The molecular weight excluding hydrogens is 278 g/mol. The molecule has 0 unspecified atom stereocenters. The van der Waals surface area contributed by atoms with Gasteiger partial charge in [-0.15, -0.1) is 0 Å². The summed E-state index contributed by atoms with van der Waals surface area (Å²) in [6, 6.07) is 3.45. The average Bonchev–Trinajstić information content (AvgIpc) is 2.84. The zero-order valence-corrected chi connectivity index (χ0v) is 10.8. The predicted octanol–water partition coefficient (Wildman–Crippen LogP) is 2.62. The maximum atomic E-state index is 11.9. The summed E-state index contributed by atoms with van der Waals surface area (Å²) in [5.74, 6) is 0.417. The van der Waals surface area contributed by atoms with E-state index >= 15 is 0 Å². The molecule has 1 atom stereocenters. The van der Waals surface area contributed by atoms with E-state index in [0.717, 1.165) is 19.5 Å². The lowest BCUT2D eigenvalue weighted by Crippen LogP contribution is -2.28. The van der Waals surface area contributed by atoms with Crippen molar-refractivity contribution in [2.75, 3.05) is 19.3 Å². The van der Waals surface area contributed by atoms with Crippen molar-refractivity contribution in [1.82, 2.24) is 4.90 Å². The number of carbonyl (C=O) groups excluding carboxylic acids is 1. The summed E-state index contributed by atoms with van der Waals surface area (Å²) in [5, 5.41) is 0.576. The van der Waals surface area contributed by atoms with Gasteiger partial charge in [0.15, 0.2) is 10.4 Å². The molecular formula is C10H12BrNO2S. The van der Waals surface area contributed by atoms with Crippen LogP contribution in [-0.2, 0) is 0 Å². The van der Waals surface area contributed by atoms with Gasteiger partial charge in [-0.25, -0.2) is 0 Å². The molecule has 0 radical (unpaired) electrons. The number of hydrogen-bond donors (Lipinski definition) is 0. The molecule has 1 aliphatic rings. The van der Waals surface area contributed by atoms with E-state index in [4.69, 9.17) is 4.42 Å². The van der Waals surface area contributed by atoms with Crippen molar-refractivity contribution >= 4 is 33.6 Å². The van der Waals surface area contributed by atoms with E-state index in [1.54, 1.807) is 12.1 Å². The molecule has 82 valence electrons. The summed E-state index contributed by atoms with van der Waals surface area (Å²) in [7, 11) is 0. The lowest BCUT2D eigenvalue weighted by Gasteiger charge is -2.13. The van der Waals surface area contributed by atoms with E-state index < -0.39 is 0 Å². The van der Waals surface area contributed by atoms with Crippen molar-refractivity contribution < 1.29 is 9.21 Å². The van der Waals surface area contributed by atoms with Gasteiger partial charge in [0.25, 0.3) is 5.91 Å².